The Morgan fingerprint density at radius 3 is 2.54 bits per heavy atom. The maximum Gasteiger partial charge on any atom is 0.119 e. The van der Waals surface area contributed by atoms with Crippen molar-refractivity contribution < 1.29 is 0 Å². The van der Waals surface area contributed by atoms with Gasteiger partial charge in [-0.3, -0.25) is 0 Å². The molecule has 0 aliphatic carbocycles. The topological polar surface area (TPSA) is 0 Å². The molecule has 0 aromatic carbocycles. The molecule has 2 heteroatoms. The minimum Gasteiger partial charge on any atom is -0.132 e. The molecule has 13 heavy (non-hydrogen) atoms. The van der Waals surface area contributed by atoms with Crippen molar-refractivity contribution >= 4 is 23.5 Å². The Balaban J connectivity index is 2.69. The molecule has 1 aliphatic rings. The number of terminal acetylenes is 1. The largest absolute Gasteiger partial charge is 0.132 e. The molecule has 0 N–H and O–H groups in total. The van der Waals surface area contributed by atoms with Crippen molar-refractivity contribution in [2.75, 3.05) is 5.75 Å². The average molecular weight is 214 g/mol. The van der Waals surface area contributed by atoms with Gasteiger partial charge in [-0.1, -0.05) is 26.7 Å². The molecule has 0 aromatic rings. The number of rotatable bonds is 0. The van der Waals surface area contributed by atoms with Crippen LogP contribution in [0.3, 0.4) is 0 Å². The van der Waals surface area contributed by atoms with Crippen LogP contribution in [0.5, 0.6) is 0 Å². The first-order chi connectivity index (χ1) is 5.87. The molecule has 0 amide bonds. The number of hydrogen-bond donors (Lipinski definition) is 0. The molecule has 0 radical (unpaired) electrons. The van der Waals surface area contributed by atoms with Gasteiger partial charge in [-0.05, 0) is 24.5 Å². The van der Waals surface area contributed by atoms with Gasteiger partial charge >= 0.3 is 0 Å². The van der Waals surface area contributed by atoms with E-state index < -0.39 is 0 Å². The van der Waals surface area contributed by atoms with E-state index in [0.717, 1.165) is 0 Å². The monoisotopic (exact) mass is 214 g/mol. The fourth-order valence-electron chi connectivity index (χ4n) is 1.41. The molecule has 2 atom stereocenters. The molecule has 1 heterocycles. The summed E-state index contributed by atoms with van der Waals surface area (Å²) in [5, 5.41) is 0.704. The van der Waals surface area contributed by atoms with E-state index in [1.807, 2.05) is 23.5 Å². The predicted octanol–water partition coefficient (Wildman–Crippen LogP) is 3.62. The predicted molar refractivity (Wildman–Crippen MR) is 65.1 cm³/mol. The summed E-state index contributed by atoms with van der Waals surface area (Å²) < 4.78 is 0.0101. The lowest BCUT2D eigenvalue weighted by Crippen LogP contribution is -2.33. The van der Waals surface area contributed by atoms with Crippen molar-refractivity contribution in [2.45, 2.75) is 43.4 Å². The third-order valence-electron chi connectivity index (χ3n) is 2.35. The first-order valence-electron chi connectivity index (χ1n) is 4.67. The van der Waals surface area contributed by atoms with Crippen molar-refractivity contribution in [1.29, 1.82) is 0 Å². The molecule has 0 bridgehead atoms. The van der Waals surface area contributed by atoms with Crippen LogP contribution in [0.2, 0.25) is 0 Å². The van der Waals surface area contributed by atoms with Gasteiger partial charge in [0.2, 0.25) is 0 Å². The zero-order valence-electron chi connectivity index (χ0n) is 8.89. The summed E-state index contributed by atoms with van der Waals surface area (Å²) in [6.07, 6.45) is 6.84. The van der Waals surface area contributed by atoms with Crippen LogP contribution in [0.1, 0.15) is 34.1 Å². The van der Waals surface area contributed by atoms with Crippen molar-refractivity contribution in [2.24, 2.45) is 5.41 Å². The molecule has 0 spiro atoms. The molecule has 1 fully saturated rings. The lowest BCUT2D eigenvalue weighted by Gasteiger charge is -2.40. The van der Waals surface area contributed by atoms with Crippen molar-refractivity contribution in [3.05, 3.63) is 0 Å². The van der Waals surface area contributed by atoms with Gasteiger partial charge in [0, 0.05) is 5.25 Å². The smallest absolute Gasteiger partial charge is 0.119 e. The highest BCUT2D eigenvalue weighted by molar-refractivity contribution is 8.19. The molecule has 0 saturated carbocycles. The van der Waals surface area contributed by atoms with Gasteiger partial charge in [-0.25, -0.2) is 0 Å². The molecule has 1 aliphatic heterocycles. The average Bonchev–Trinajstić information content (AvgIpc) is 2.03. The molecular weight excluding hydrogens is 196 g/mol. The zero-order valence-corrected chi connectivity index (χ0v) is 10.5. The standard InChI is InChI=1S/C11H18S2/c1-6-11(5)12-8-7-9(13-11)10(2,3)4/h1,9H,7-8H2,2-5H3. The van der Waals surface area contributed by atoms with E-state index in [1.54, 1.807) is 0 Å². The molecule has 0 aromatic heterocycles. The van der Waals surface area contributed by atoms with E-state index in [4.69, 9.17) is 6.42 Å². The van der Waals surface area contributed by atoms with Crippen LogP contribution in [0, 0.1) is 17.8 Å². The molecular formula is C11H18S2. The van der Waals surface area contributed by atoms with Gasteiger partial charge in [0.25, 0.3) is 0 Å². The summed E-state index contributed by atoms with van der Waals surface area (Å²) in [5.41, 5.74) is 0.379. The fraction of sp³-hybridized carbons (Fsp3) is 0.818. The van der Waals surface area contributed by atoms with E-state index in [1.165, 1.54) is 12.2 Å². The second-order valence-electron chi connectivity index (χ2n) is 4.70. The van der Waals surface area contributed by atoms with Crippen molar-refractivity contribution in [3.63, 3.8) is 0 Å². The second-order valence-corrected chi connectivity index (χ2v) is 8.09. The van der Waals surface area contributed by atoms with E-state index in [-0.39, 0.29) is 4.08 Å². The minimum atomic E-state index is 0.0101. The van der Waals surface area contributed by atoms with Crippen LogP contribution in [0.4, 0.5) is 0 Å². The summed E-state index contributed by atoms with van der Waals surface area (Å²) in [6.45, 7) is 9.08. The van der Waals surface area contributed by atoms with Crippen LogP contribution < -0.4 is 0 Å². The van der Waals surface area contributed by atoms with E-state index in [9.17, 15) is 0 Å². The van der Waals surface area contributed by atoms with Crippen molar-refractivity contribution in [3.8, 4) is 12.3 Å². The lowest BCUT2D eigenvalue weighted by atomic mass is 9.90. The quantitative estimate of drug-likeness (QED) is 0.565. The van der Waals surface area contributed by atoms with E-state index in [2.05, 4.69) is 33.6 Å². The molecule has 1 rings (SSSR count). The van der Waals surface area contributed by atoms with Crippen LogP contribution in [-0.2, 0) is 0 Å². The van der Waals surface area contributed by atoms with Gasteiger partial charge in [0.15, 0.2) is 0 Å². The highest BCUT2D eigenvalue weighted by atomic mass is 32.2. The maximum absolute atomic E-state index is 5.55. The number of thioether (sulfide) groups is 2. The van der Waals surface area contributed by atoms with Crippen LogP contribution >= 0.6 is 23.5 Å². The summed E-state index contributed by atoms with van der Waals surface area (Å²) in [4.78, 5) is 0. The first kappa shape index (κ1) is 11.3. The lowest BCUT2D eigenvalue weighted by molar-refractivity contribution is 0.387. The van der Waals surface area contributed by atoms with Gasteiger partial charge in [-0.2, -0.15) is 0 Å². The molecule has 0 nitrogen and oxygen atoms in total. The second kappa shape index (κ2) is 3.79. The molecule has 2 unspecified atom stereocenters. The van der Waals surface area contributed by atoms with Crippen LogP contribution in [0.15, 0.2) is 0 Å². The Bertz CT molecular complexity index is 221. The Labute approximate surface area is 90.6 Å². The van der Waals surface area contributed by atoms with Crippen LogP contribution in [0.25, 0.3) is 0 Å². The third kappa shape index (κ3) is 2.86. The summed E-state index contributed by atoms with van der Waals surface area (Å²) >= 11 is 3.88. The van der Waals surface area contributed by atoms with E-state index >= 15 is 0 Å². The van der Waals surface area contributed by atoms with E-state index in [0.29, 0.717) is 10.7 Å². The first-order valence-corrected chi connectivity index (χ1v) is 6.53. The third-order valence-corrected chi connectivity index (χ3v) is 5.90. The van der Waals surface area contributed by atoms with Gasteiger partial charge in [-0.15, -0.1) is 29.9 Å². The van der Waals surface area contributed by atoms with Crippen molar-refractivity contribution in [1.82, 2.24) is 0 Å². The van der Waals surface area contributed by atoms with Gasteiger partial charge in [0.05, 0.1) is 0 Å². The molecule has 74 valence electrons. The Kier molecular flexibility index (Phi) is 3.30. The van der Waals surface area contributed by atoms with Gasteiger partial charge < -0.3 is 0 Å². The van der Waals surface area contributed by atoms with Crippen LogP contribution in [-0.4, -0.2) is 15.1 Å². The number of hydrogen-bond acceptors (Lipinski definition) is 2. The fourth-order valence-corrected chi connectivity index (χ4v) is 4.46. The SMILES string of the molecule is C#CC1(C)SCCC(C(C)(C)C)S1. The zero-order chi connectivity index (χ0) is 10.1. The van der Waals surface area contributed by atoms with Gasteiger partial charge in [0.1, 0.15) is 4.08 Å². The highest BCUT2D eigenvalue weighted by Crippen LogP contribution is 2.50. The summed E-state index contributed by atoms with van der Waals surface area (Å²) in [6, 6.07) is 0. The Hall–Kier alpha value is 0.260. The highest BCUT2D eigenvalue weighted by Gasteiger charge is 2.37. The minimum absolute atomic E-state index is 0.0101. The Morgan fingerprint density at radius 2 is 2.08 bits per heavy atom. The normalized spacial score (nSPS) is 35.5. The maximum atomic E-state index is 5.55. The summed E-state index contributed by atoms with van der Waals surface area (Å²) in [7, 11) is 0. The Morgan fingerprint density at radius 1 is 1.46 bits per heavy atom. The molecule has 1 saturated heterocycles. The summed E-state index contributed by atoms with van der Waals surface area (Å²) in [5.74, 6) is 4.11.